The molecule has 4 aliphatic carbocycles. The van der Waals surface area contributed by atoms with Crippen LogP contribution in [0.5, 0.6) is 0 Å². The van der Waals surface area contributed by atoms with Crippen LogP contribution in [0.2, 0.25) is 0 Å². The van der Waals surface area contributed by atoms with Gasteiger partial charge in [-0.25, -0.2) is 0 Å². The van der Waals surface area contributed by atoms with Gasteiger partial charge in [-0.3, -0.25) is 0 Å². The summed E-state index contributed by atoms with van der Waals surface area (Å²) in [6.07, 6.45) is 17.1. The van der Waals surface area contributed by atoms with E-state index in [1.807, 2.05) is 0 Å². The zero-order valence-corrected chi connectivity index (χ0v) is 20.9. The van der Waals surface area contributed by atoms with Crippen molar-refractivity contribution < 1.29 is 5.11 Å². The quantitative estimate of drug-likeness (QED) is 0.436. The maximum Gasteiger partial charge on any atom is 0.0577 e. The summed E-state index contributed by atoms with van der Waals surface area (Å²) in [7, 11) is 0. The molecule has 0 aliphatic heterocycles. The van der Waals surface area contributed by atoms with Crippen LogP contribution in [-0.4, -0.2) is 11.2 Å². The van der Waals surface area contributed by atoms with E-state index in [0.29, 0.717) is 10.8 Å². The third-order valence-electron chi connectivity index (χ3n) is 11.3. The molecule has 0 spiro atoms. The highest BCUT2D eigenvalue weighted by molar-refractivity contribution is 5.25. The Bertz CT molecular complexity index is 634. The van der Waals surface area contributed by atoms with E-state index < -0.39 is 0 Å². The van der Waals surface area contributed by atoms with Crippen molar-refractivity contribution in [2.24, 2.45) is 52.3 Å². The lowest BCUT2D eigenvalue weighted by atomic mass is 9.47. The first-order chi connectivity index (χ1) is 14.2. The Morgan fingerprint density at radius 1 is 1.00 bits per heavy atom. The first-order valence-corrected chi connectivity index (χ1v) is 13.6. The zero-order chi connectivity index (χ0) is 21.7. The summed E-state index contributed by atoms with van der Waals surface area (Å²) in [5.74, 6) is 6.31. The molecule has 3 fully saturated rings. The third-order valence-corrected chi connectivity index (χ3v) is 11.3. The van der Waals surface area contributed by atoms with Gasteiger partial charge in [0.1, 0.15) is 0 Å². The lowest BCUT2D eigenvalue weighted by Crippen LogP contribution is -2.50. The molecule has 1 heteroatoms. The predicted molar refractivity (Wildman–Crippen MR) is 128 cm³/mol. The number of aliphatic hydroxyl groups is 1. The Morgan fingerprint density at radius 2 is 1.77 bits per heavy atom. The molecule has 0 aromatic rings. The van der Waals surface area contributed by atoms with E-state index in [4.69, 9.17) is 0 Å². The Morgan fingerprint density at radius 3 is 2.47 bits per heavy atom. The maximum absolute atomic E-state index is 10.2. The maximum atomic E-state index is 10.2. The number of hydrogen-bond acceptors (Lipinski definition) is 1. The van der Waals surface area contributed by atoms with Crippen LogP contribution in [0.25, 0.3) is 0 Å². The van der Waals surface area contributed by atoms with Crippen LogP contribution in [-0.2, 0) is 0 Å². The van der Waals surface area contributed by atoms with Gasteiger partial charge in [0.25, 0.3) is 0 Å². The average Bonchev–Trinajstić information content (AvgIpc) is 3.06. The van der Waals surface area contributed by atoms with Crippen molar-refractivity contribution in [3.63, 3.8) is 0 Å². The van der Waals surface area contributed by atoms with E-state index in [9.17, 15) is 5.11 Å². The Labute approximate surface area is 187 Å². The highest BCUT2D eigenvalue weighted by Crippen LogP contribution is 2.67. The first-order valence-electron chi connectivity index (χ1n) is 13.6. The highest BCUT2D eigenvalue weighted by Gasteiger charge is 2.59. The number of hydrogen-bond donors (Lipinski definition) is 1. The van der Waals surface area contributed by atoms with Gasteiger partial charge >= 0.3 is 0 Å². The Hall–Kier alpha value is -0.300. The monoisotopic (exact) mass is 414 g/mol. The molecule has 0 saturated heterocycles. The molecule has 30 heavy (non-hydrogen) atoms. The normalized spacial score (nSPS) is 45.3. The van der Waals surface area contributed by atoms with Crippen LogP contribution in [0.4, 0.5) is 0 Å². The number of rotatable bonds is 6. The van der Waals surface area contributed by atoms with Crippen molar-refractivity contribution in [2.45, 2.75) is 118 Å². The zero-order valence-electron chi connectivity index (χ0n) is 20.9. The molecule has 3 saturated carbocycles. The lowest BCUT2D eigenvalue weighted by Gasteiger charge is -2.58. The standard InChI is InChI=1S/C29H50O/c1-7-21(19(2)3)9-8-20(4)25-12-13-26-24-11-10-22-18-23(30)14-16-28(22,5)27(24)15-17-29(25,26)6/h10,19-21,23-27,30H,7-9,11-18H2,1-6H3/t20-,21+,23-,24+,25-,26?,27?,28+,29-/m1/s1. The fourth-order valence-corrected chi connectivity index (χ4v) is 9.30. The van der Waals surface area contributed by atoms with Gasteiger partial charge in [-0.05, 0) is 110 Å². The minimum Gasteiger partial charge on any atom is -0.393 e. The van der Waals surface area contributed by atoms with E-state index in [2.05, 4.69) is 47.6 Å². The van der Waals surface area contributed by atoms with E-state index >= 15 is 0 Å². The number of aliphatic hydroxyl groups excluding tert-OH is 1. The van der Waals surface area contributed by atoms with Crippen LogP contribution in [0.3, 0.4) is 0 Å². The van der Waals surface area contributed by atoms with Gasteiger partial charge < -0.3 is 5.11 Å². The summed E-state index contributed by atoms with van der Waals surface area (Å²) in [5.41, 5.74) is 2.59. The Balaban J connectivity index is 1.47. The molecule has 2 unspecified atom stereocenters. The molecule has 0 aromatic heterocycles. The largest absolute Gasteiger partial charge is 0.393 e. The summed E-state index contributed by atoms with van der Waals surface area (Å²) < 4.78 is 0. The summed E-state index contributed by atoms with van der Waals surface area (Å²) in [5, 5.41) is 10.2. The minimum atomic E-state index is -0.0794. The lowest BCUT2D eigenvalue weighted by molar-refractivity contribution is -0.0575. The number of allylic oxidation sites excluding steroid dienone is 1. The molecule has 0 heterocycles. The van der Waals surface area contributed by atoms with Crippen molar-refractivity contribution in [1.29, 1.82) is 0 Å². The van der Waals surface area contributed by atoms with Crippen molar-refractivity contribution in [2.75, 3.05) is 0 Å². The van der Waals surface area contributed by atoms with Crippen LogP contribution in [0.15, 0.2) is 11.6 Å². The van der Waals surface area contributed by atoms with Gasteiger partial charge in [-0.15, -0.1) is 0 Å². The molecule has 172 valence electrons. The molecule has 0 amide bonds. The molecular formula is C29H50O. The van der Waals surface area contributed by atoms with Crippen LogP contribution in [0, 0.1) is 52.3 Å². The smallest absolute Gasteiger partial charge is 0.0577 e. The highest BCUT2D eigenvalue weighted by atomic mass is 16.3. The number of fused-ring (bicyclic) bond motifs is 5. The third kappa shape index (κ3) is 3.74. The van der Waals surface area contributed by atoms with E-state index in [1.54, 1.807) is 5.57 Å². The fourth-order valence-electron chi connectivity index (χ4n) is 9.30. The van der Waals surface area contributed by atoms with Gasteiger partial charge in [0.2, 0.25) is 0 Å². The molecular weight excluding hydrogens is 364 g/mol. The van der Waals surface area contributed by atoms with E-state index in [1.165, 1.54) is 57.8 Å². The van der Waals surface area contributed by atoms with Gasteiger partial charge in [0.15, 0.2) is 0 Å². The molecule has 4 rings (SSSR count). The second-order valence-electron chi connectivity index (χ2n) is 12.9. The molecule has 9 atom stereocenters. The van der Waals surface area contributed by atoms with Crippen LogP contribution in [0.1, 0.15) is 112 Å². The molecule has 0 aromatic carbocycles. The van der Waals surface area contributed by atoms with Crippen molar-refractivity contribution in [1.82, 2.24) is 0 Å². The molecule has 0 radical (unpaired) electrons. The summed E-state index contributed by atoms with van der Waals surface area (Å²) in [4.78, 5) is 0. The molecule has 4 aliphatic rings. The second-order valence-corrected chi connectivity index (χ2v) is 12.9. The molecule has 1 N–H and O–H groups in total. The topological polar surface area (TPSA) is 20.2 Å². The van der Waals surface area contributed by atoms with Crippen molar-refractivity contribution in [3.8, 4) is 0 Å². The molecule has 0 bridgehead atoms. The fraction of sp³-hybridized carbons (Fsp3) is 0.931. The summed E-state index contributed by atoms with van der Waals surface area (Å²) in [6, 6.07) is 0. The predicted octanol–water partition coefficient (Wildman–Crippen LogP) is 8.02. The van der Waals surface area contributed by atoms with Crippen molar-refractivity contribution >= 4 is 0 Å². The van der Waals surface area contributed by atoms with Crippen LogP contribution < -0.4 is 0 Å². The molecule has 1 nitrogen and oxygen atoms in total. The van der Waals surface area contributed by atoms with Gasteiger partial charge in [0, 0.05) is 0 Å². The van der Waals surface area contributed by atoms with Gasteiger partial charge in [-0.2, -0.15) is 0 Å². The van der Waals surface area contributed by atoms with Gasteiger partial charge in [-0.1, -0.05) is 66.0 Å². The minimum absolute atomic E-state index is 0.0794. The average molecular weight is 415 g/mol. The second kappa shape index (κ2) is 8.57. The summed E-state index contributed by atoms with van der Waals surface area (Å²) >= 11 is 0. The van der Waals surface area contributed by atoms with Crippen molar-refractivity contribution in [3.05, 3.63) is 11.6 Å². The van der Waals surface area contributed by atoms with E-state index in [0.717, 1.165) is 54.3 Å². The summed E-state index contributed by atoms with van der Waals surface area (Å²) in [6.45, 7) is 15.1. The Kier molecular flexibility index (Phi) is 6.53. The van der Waals surface area contributed by atoms with Crippen LogP contribution >= 0.6 is 0 Å². The van der Waals surface area contributed by atoms with Gasteiger partial charge in [0.05, 0.1) is 6.10 Å². The van der Waals surface area contributed by atoms with E-state index in [-0.39, 0.29) is 6.10 Å². The SMILES string of the molecule is CC[C@@H](CC[C@@H](C)[C@H]1CCC2[C@@H]3CC=C4C[C@H](O)CC[C@]4(C)C3CC[C@@]21C)C(C)C. The first kappa shape index (κ1) is 22.9.